The highest BCUT2D eigenvalue weighted by atomic mass is 32.2. The molecule has 2 aromatic rings. The van der Waals surface area contributed by atoms with Crippen molar-refractivity contribution in [2.45, 2.75) is 32.1 Å². The van der Waals surface area contributed by atoms with Crippen molar-refractivity contribution < 1.29 is 14.3 Å². The van der Waals surface area contributed by atoms with Gasteiger partial charge in [0.2, 0.25) is 0 Å². The van der Waals surface area contributed by atoms with Gasteiger partial charge in [0.05, 0.1) is 12.2 Å². The monoisotopic (exact) mass is 398 g/mol. The molecule has 2 amide bonds. The molecule has 28 heavy (non-hydrogen) atoms. The van der Waals surface area contributed by atoms with Crippen LogP contribution in [0.3, 0.4) is 0 Å². The van der Waals surface area contributed by atoms with Crippen LogP contribution in [0.15, 0.2) is 48.5 Å². The predicted octanol–water partition coefficient (Wildman–Crippen LogP) is 5.27. The van der Waals surface area contributed by atoms with Crippen molar-refractivity contribution in [3.05, 3.63) is 65.2 Å². The number of amides is 2. The third-order valence-electron chi connectivity index (χ3n) is 4.69. The third kappa shape index (κ3) is 4.68. The molecule has 0 aliphatic carbocycles. The van der Waals surface area contributed by atoms with E-state index in [1.54, 1.807) is 43.0 Å². The Morgan fingerprint density at radius 2 is 1.82 bits per heavy atom. The number of esters is 1. The van der Waals surface area contributed by atoms with E-state index in [0.717, 1.165) is 11.3 Å². The highest BCUT2D eigenvalue weighted by molar-refractivity contribution is 7.99. The molecule has 148 valence electrons. The highest BCUT2D eigenvalue weighted by Crippen LogP contribution is 2.38. The maximum absolute atomic E-state index is 12.8. The smallest absolute Gasteiger partial charge is 0.338 e. The molecule has 1 heterocycles. The van der Waals surface area contributed by atoms with E-state index in [9.17, 15) is 9.59 Å². The van der Waals surface area contributed by atoms with Gasteiger partial charge < -0.3 is 15.0 Å². The zero-order valence-electron chi connectivity index (χ0n) is 16.5. The van der Waals surface area contributed by atoms with Gasteiger partial charge in [0.25, 0.3) is 0 Å². The second-order valence-corrected chi connectivity index (χ2v) is 8.15. The van der Waals surface area contributed by atoms with Crippen LogP contribution < -0.4 is 5.32 Å². The number of carbonyl (C=O) groups is 2. The minimum Gasteiger partial charge on any atom is -0.462 e. The minimum atomic E-state index is -0.360. The SMILES string of the molecule is CCOC(=O)c1ccc(NC(=O)N2CCSC2c2ccc(C(C)C)cc2)cc1. The summed E-state index contributed by atoms with van der Waals surface area (Å²) in [5.41, 5.74) is 3.56. The van der Waals surface area contributed by atoms with Gasteiger partial charge in [0.15, 0.2) is 0 Å². The van der Waals surface area contributed by atoms with E-state index in [2.05, 4.69) is 43.4 Å². The van der Waals surface area contributed by atoms with Crippen LogP contribution in [0.5, 0.6) is 0 Å². The molecule has 5 nitrogen and oxygen atoms in total. The van der Waals surface area contributed by atoms with Crippen LogP contribution >= 0.6 is 11.8 Å². The number of nitrogens with one attached hydrogen (secondary N) is 1. The van der Waals surface area contributed by atoms with E-state index in [0.29, 0.717) is 30.3 Å². The van der Waals surface area contributed by atoms with Crippen molar-refractivity contribution in [2.24, 2.45) is 0 Å². The van der Waals surface area contributed by atoms with Crippen LogP contribution in [0.2, 0.25) is 0 Å². The number of anilines is 1. The Kier molecular flexibility index (Phi) is 6.62. The number of nitrogens with zero attached hydrogens (tertiary/aromatic N) is 1. The van der Waals surface area contributed by atoms with Gasteiger partial charge in [-0.1, -0.05) is 38.1 Å². The number of hydrogen-bond donors (Lipinski definition) is 1. The number of hydrogen-bond acceptors (Lipinski definition) is 4. The standard InChI is InChI=1S/C22H26N2O3S/c1-4-27-21(25)18-9-11-19(12-10-18)23-22(26)24-13-14-28-20(24)17-7-5-16(6-8-17)15(2)3/h5-12,15,20H,4,13-14H2,1-3H3,(H,23,26). The molecule has 1 saturated heterocycles. The van der Waals surface area contributed by atoms with Gasteiger partial charge >= 0.3 is 12.0 Å². The van der Waals surface area contributed by atoms with Gasteiger partial charge in [-0.2, -0.15) is 0 Å². The Hall–Kier alpha value is -2.47. The predicted molar refractivity (Wildman–Crippen MR) is 114 cm³/mol. The molecule has 1 atom stereocenters. The minimum absolute atomic E-state index is 0.0139. The summed E-state index contributed by atoms with van der Waals surface area (Å²) in [6.45, 7) is 7.16. The quantitative estimate of drug-likeness (QED) is 0.698. The van der Waals surface area contributed by atoms with Crippen LogP contribution in [0, 0.1) is 0 Å². The van der Waals surface area contributed by atoms with Gasteiger partial charge in [-0.05, 0) is 48.2 Å². The third-order valence-corrected chi connectivity index (χ3v) is 5.95. The van der Waals surface area contributed by atoms with Gasteiger partial charge in [-0.15, -0.1) is 11.8 Å². The van der Waals surface area contributed by atoms with Gasteiger partial charge in [-0.25, -0.2) is 9.59 Å². The van der Waals surface area contributed by atoms with E-state index in [1.165, 1.54) is 5.56 Å². The van der Waals surface area contributed by atoms with Crippen molar-refractivity contribution >= 4 is 29.4 Å². The number of ether oxygens (including phenoxy) is 1. The lowest BCUT2D eigenvalue weighted by Crippen LogP contribution is -2.34. The molecule has 0 saturated carbocycles. The molecule has 1 aliphatic rings. The van der Waals surface area contributed by atoms with Crippen LogP contribution in [-0.4, -0.2) is 35.8 Å². The zero-order valence-corrected chi connectivity index (χ0v) is 17.3. The van der Waals surface area contributed by atoms with E-state index >= 15 is 0 Å². The Morgan fingerprint density at radius 1 is 1.14 bits per heavy atom. The Morgan fingerprint density at radius 3 is 2.43 bits per heavy atom. The molecule has 1 N–H and O–H groups in total. The molecule has 0 spiro atoms. The number of urea groups is 1. The summed E-state index contributed by atoms with van der Waals surface area (Å²) in [6, 6.07) is 15.2. The second kappa shape index (κ2) is 9.15. The van der Waals surface area contributed by atoms with Crippen molar-refractivity contribution in [2.75, 3.05) is 24.2 Å². The van der Waals surface area contributed by atoms with Crippen molar-refractivity contribution in [3.63, 3.8) is 0 Å². The molecule has 0 bridgehead atoms. The molecule has 6 heteroatoms. The lowest BCUT2D eigenvalue weighted by atomic mass is 10.0. The summed E-state index contributed by atoms with van der Waals surface area (Å²) in [4.78, 5) is 26.4. The second-order valence-electron chi connectivity index (χ2n) is 6.97. The molecule has 1 aliphatic heterocycles. The van der Waals surface area contributed by atoms with Gasteiger partial charge in [-0.3, -0.25) is 0 Å². The van der Waals surface area contributed by atoms with Crippen LogP contribution in [0.25, 0.3) is 0 Å². The molecule has 1 unspecified atom stereocenters. The summed E-state index contributed by atoms with van der Waals surface area (Å²) in [6.07, 6.45) is 0. The zero-order chi connectivity index (χ0) is 20.1. The summed E-state index contributed by atoms with van der Waals surface area (Å²) < 4.78 is 4.98. The van der Waals surface area contributed by atoms with E-state index < -0.39 is 0 Å². The Labute approximate surface area is 170 Å². The van der Waals surface area contributed by atoms with Crippen LogP contribution in [0.1, 0.15) is 53.5 Å². The first-order valence-corrected chi connectivity index (χ1v) is 10.6. The molecule has 2 aromatic carbocycles. The summed E-state index contributed by atoms with van der Waals surface area (Å²) in [5, 5.41) is 2.95. The van der Waals surface area contributed by atoms with E-state index in [-0.39, 0.29) is 17.4 Å². The van der Waals surface area contributed by atoms with Crippen LogP contribution in [0.4, 0.5) is 10.5 Å². The maximum Gasteiger partial charge on any atom is 0.338 e. The van der Waals surface area contributed by atoms with Gasteiger partial charge in [0, 0.05) is 18.0 Å². The lowest BCUT2D eigenvalue weighted by Gasteiger charge is -2.25. The summed E-state index contributed by atoms with van der Waals surface area (Å²) in [5.74, 6) is 1.04. The molecule has 0 aromatic heterocycles. The Balaban J connectivity index is 1.67. The summed E-state index contributed by atoms with van der Waals surface area (Å²) >= 11 is 1.77. The fourth-order valence-electron chi connectivity index (χ4n) is 3.10. The normalized spacial score (nSPS) is 16.3. The molecule has 0 radical (unpaired) electrons. The number of thioether (sulfide) groups is 1. The molecular formula is C22H26N2O3S. The maximum atomic E-state index is 12.8. The van der Waals surface area contributed by atoms with Gasteiger partial charge in [0.1, 0.15) is 5.37 Å². The van der Waals surface area contributed by atoms with Crippen molar-refractivity contribution in [3.8, 4) is 0 Å². The van der Waals surface area contributed by atoms with Crippen molar-refractivity contribution in [1.29, 1.82) is 0 Å². The number of carbonyl (C=O) groups excluding carboxylic acids is 2. The first kappa shape index (κ1) is 20.3. The highest BCUT2D eigenvalue weighted by Gasteiger charge is 2.30. The largest absolute Gasteiger partial charge is 0.462 e. The molecule has 3 rings (SSSR count). The van der Waals surface area contributed by atoms with E-state index in [4.69, 9.17) is 4.74 Å². The fraction of sp³-hybridized carbons (Fsp3) is 0.364. The fourth-order valence-corrected chi connectivity index (χ4v) is 4.36. The molecule has 1 fully saturated rings. The average molecular weight is 399 g/mol. The first-order chi connectivity index (χ1) is 13.5. The number of rotatable bonds is 5. The van der Waals surface area contributed by atoms with E-state index in [1.807, 2.05) is 4.90 Å². The summed E-state index contributed by atoms with van der Waals surface area (Å²) in [7, 11) is 0. The first-order valence-electron chi connectivity index (χ1n) is 9.56. The van der Waals surface area contributed by atoms with Crippen molar-refractivity contribution in [1.82, 2.24) is 4.90 Å². The molecular weight excluding hydrogens is 372 g/mol. The number of benzene rings is 2. The van der Waals surface area contributed by atoms with Crippen LogP contribution in [-0.2, 0) is 4.74 Å². The average Bonchev–Trinajstić information content (AvgIpc) is 3.19. The topological polar surface area (TPSA) is 58.6 Å². The lowest BCUT2D eigenvalue weighted by molar-refractivity contribution is 0.0526. The Bertz CT molecular complexity index is 819.